The van der Waals surface area contributed by atoms with Crippen molar-refractivity contribution in [2.75, 3.05) is 19.8 Å². The van der Waals surface area contributed by atoms with Crippen LogP contribution in [0.1, 0.15) is 71.3 Å². The SMILES string of the molecule is C/C=C\CCCC.CC1CCCC1/C=C/[C@@H](O)COc1cccc(C(F)(F)F)c1.O=COCCCO[N+](=O)[O-]. The predicted molar refractivity (Wildman–Crippen MR) is 143 cm³/mol. The van der Waals surface area contributed by atoms with Gasteiger partial charge in [-0.1, -0.05) is 69.9 Å². The van der Waals surface area contributed by atoms with Gasteiger partial charge in [0.2, 0.25) is 0 Å². The molecule has 1 saturated carbocycles. The van der Waals surface area contributed by atoms with E-state index < -0.39 is 22.9 Å². The zero-order valence-corrected chi connectivity index (χ0v) is 23.0. The van der Waals surface area contributed by atoms with E-state index in [-0.39, 0.29) is 32.0 Å². The van der Waals surface area contributed by atoms with Crippen LogP contribution in [0, 0.1) is 22.0 Å². The van der Waals surface area contributed by atoms with E-state index in [0.717, 1.165) is 18.6 Å². The summed E-state index contributed by atoms with van der Waals surface area (Å²) in [6.45, 7) is 6.80. The number of carbonyl (C=O) groups excluding carboxylic acids is 1. The van der Waals surface area contributed by atoms with Gasteiger partial charge in [0.1, 0.15) is 18.5 Å². The number of allylic oxidation sites excluding steroid dienone is 3. The van der Waals surface area contributed by atoms with Crippen LogP contribution in [-0.2, 0) is 20.5 Å². The van der Waals surface area contributed by atoms with Gasteiger partial charge in [-0.2, -0.15) is 13.2 Å². The summed E-state index contributed by atoms with van der Waals surface area (Å²) in [5.41, 5.74) is -0.755. The summed E-state index contributed by atoms with van der Waals surface area (Å²) in [7, 11) is 0. The molecule has 1 aliphatic carbocycles. The van der Waals surface area contributed by atoms with Crippen molar-refractivity contribution in [2.24, 2.45) is 11.8 Å². The molecular weight excluding hydrogens is 519 g/mol. The van der Waals surface area contributed by atoms with Crippen LogP contribution in [0.2, 0.25) is 0 Å². The molecule has 0 heterocycles. The maximum atomic E-state index is 12.6. The Kier molecular flexibility index (Phi) is 20.1. The third-order valence-electron chi connectivity index (χ3n) is 5.72. The van der Waals surface area contributed by atoms with E-state index in [4.69, 9.17) is 4.74 Å². The minimum absolute atomic E-state index is 0.0408. The molecule has 0 spiro atoms. The Bertz CT molecular complexity index is 847. The average molecular weight is 562 g/mol. The fraction of sp³-hybridized carbons (Fsp3) is 0.607. The molecule has 1 aromatic rings. The second-order valence-corrected chi connectivity index (χ2v) is 8.95. The van der Waals surface area contributed by atoms with Crippen molar-refractivity contribution in [1.29, 1.82) is 0 Å². The number of rotatable bonds is 14. The number of benzene rings is 1. The highest BCUT2D eigenvalue weighted by molar-refractivity contribution is 5.36. The summed E-state index contributed by atoms with van der Waals surface area (Å²) in [6, 6.07) is 4.67. The molecule has 2 rings (SSSR count). The van der Waals surface area contributed by atoms with Crippen LogP contribution < -0.4 is 4.74 Å². The number of ether oxygens (including phenoxy) is 2. The topological polar surface area (TPSA) is 108 Å². The minimum atomic E-state index is -4.39. The van der Waals surface area contributed by atoms with Gasteiger partial charge in [-0.3, -0.25) is 4.79 Å². The Morgan fingerprint density at radius 2 is 1.97 bits per heavy atom. The molecule has 1 fully saturated rings. The Balaban J connectivity index is 0.000000703. The van der Waals surface area contributed by atoms with Gasteiger partial charge in [0.05, 0.1) is 18.8 Å². The molecule has 8 nitrogen and oxygen atoms in total. The van der Waals surface area contributed by atoms with Gasteiger partial charge in [-0.05, 0) is 49.8 Å². The third-order valence-corrected chi connectivity index (χ3v) is 5.72. The van der Waals surface area contributed by atoms with Crippen LogP contribution in [0.3, 0.4) is 0 Å². The summed E-state index contributed by atoms with van der Waals surface area (Å²) >= 11 is 0. The van der Waals surface area contributed by atoms with Crippen molar-refractivity contribution in [1.82, 2.24) is 0 Å². The molecule has 0 bridgehead atoms. The number of hydrogen-bond donors (Lipinski definition) is 1. The zero-order valence-electron chi connectivity index (χ0n) is 23.0. The number of aliphatic hydroxyl groups excluding tert-OH is 1. The number of nitrogens with zero attached hydrogens (tertiary/aromatic N) is 1. The van der Waals surface area contributed by atoms with Crippen LogP contribution in [-0.4, -0.2) is 42.6 Å². The summed E-state index contributed by atoms with van der Waals surface area (Å²) < 4.78 is 47.2. The highest BCUT2D eigenvalue weighted by atomic mass is 19.4. The molecular formula is C28H42F3NO7. The fourth-order valence-electron chi connectivity index (χ4n) is 3.55. The Morgan fingerprint density at radius 3 is 2.54 bits per heavy atom. The molecule has 0 saturated heterocycles. The highest BCUT2D eigenvalue weighted by Crippen LogP contribution is 2.32. The molecule has 222 valence electrons. The largest absolute Gasteiger partial charge is 0.491 e. The normalized spacial score (nSPS) is 17.5. The van der Waals surface area contributed by atoms with Crippen LogP contribution in [0.25, 0.3) is 0 Å². The summed E-state index contributed by atoms with van der Waals surface area (Å²) in [5, 5.41) is 18.5. The van der Waals surface area contributed by atoms with Crippen molar-refractivity contribution >= 4 is 6.47 Å². The highest BCUT2D eigenvalue weighted by Gasteiger charge is 2.30. The van der Waals surface area contributed by atoms with E-state index in [1.54, 1.807) is 6.08 Å². The number of carbonyl (C=O) groups is 1. The first kappa shape index (κ1) is 35.9. The first-order valence-corrected chi connectivity index (χ1v) is 13.1. The van der Waals surface area contributed by atoms with Gasteiger partial charge >= 0.3 is 6.18 Å². The first-order chi connectivity index (χ1) is 18.5. The molecule has 11 heteroatoms. The maximum absolute atomic E-state index is 12.6. The predicted octanol–water partition coefficient (Wildman–Crippen LogP) is 6.95. The standard InChI is InChI=1S/C17H21F3O2.C7H14.C4H7NO5/c1-12-4-2-5-13(12)8-9-15(21)11-22-16-7-3-6-14(10-16)17(18,19)20;1-3-5-7-6-4-2;6-4-9-2-1-3-10-5(7)8/h3,6-10,12-13,15,21H,2,4-5,11H2,1H3;3,5H,4,6-7H2,1-2H3;4H,1-3H2/b9-8+;5-3-;/t12?,13?,15-;;/m1../s1. The van der Waals surface area contributed by atoms with Gasteiger partial charge in [0, 0.05) is 6.42 Å². The third kappa shape index (κ3) is 19.6. The first-order valence-electron chi connectivity index (χ1n) is 13.1. The summed E-state index contributed by atoms with van der Waals surface area (Å²) in [6.07, 6.45) is 10.6. The van der Waals surface area contributed by atoms with Crippen molar-refractivity contribution in [2.45, 2.75) is 78.0 Å². The number of hydrogen-bond acceptors (Lipinski definition) is 7. The Labute approximate surface area is 228 Å². The molecule has 0 aliphatic heterocycles. The number of alkyl halides is 3. The lowest BCUT2D eigenvalue weighted by molar-refractivity contribution is -0.757. The molecule has 39 heavy (non-hydrogen) atoms. The van der Waals surface area contributed by atoms with Crippen LogP contribution in [0.4, 0.5) is 13.2 Å². The Morgan fingerprint density at radius 1 is 1.23 bits per heavy atom. The van der Waals surface area contributed by atoms with E-state index in [1.807, 2.05) is 6.08 Å². The van der Waals surface area contributed by atoms with Gasteiger partial charge in [-0.25, -0.2) is 0 Å². The van der Waals surface area contributed by atoms with Crippen molar-refractivity contribution in [3.63, 3.8) is 0 Å². The zero-order chi connectivity index (χ0) is 29.5. The maximum Gasteiger partial charge on any atom is 0.416 e. The number of unbranched alkanes of at least 4 members (excludes halogenated alkanes) is 2. The van der Waals surface area contributed by atoms with E-state index in [1.165, 1.54) is 44.2 Å². The second kappa shape index (κ2) is 21.8. The number of halogens is 3. The average Bonchev–Trinajstić information content (AvgIpc) is 3.31. The van der Waals surface area contributed by atoms with Crippen LogP contribution >= 0.6 is 0 Å². The lowest BCUT2D eigenvalue weighted by atomic mass is 9.97. The Hall–Kier alpha value is -3.08. The van der Waals surface area contributed by atoms with Gasteiger partial charge in [0.25, 0.3) is 11.6 Å². The molecule has 2 unspecified atom stereocenters. The van der Waals surface area contributed by atoms with Crippen molar-refractivity contribution < 1.29 is 42.5 Å². The molecule has 0 aromatic heterocycles. The minimum Gasteiger partial charge on any atom is -0.491 e. The summed E-state index contributed by atoms with van der Waals surface area (Å²) in [5.74, 6) is 1.20. The smallest absolute Gasteiger partial charge is 0.416 e. The fourth-order valence-corrected chi connectivity index (χ4v) is 3.55. The van der Waals surface area contributed by atoms with E-state index in [0.29, 0.717) is 18.3 Å². The van der Waals surface area contributed by atoms with E-state index in [9.17, 15) is 33.2 Å². The molecule has 1 aromatic carbocycles. The molecule has 3 atom stereocenters. The lowest BCUT2D eigenvalue weighted by Crippen LogP contribution is -2.16. The van der Waals surface area contributed by atoms with E-state index >= 15 is 0 Å². The molecule has 1 N–H and O–H groups in total. The monoisotopic (exact) mass is 561 g/mol. The second-order valence-electron chi connectivity index (χ2n) is 8.95. The summed E-state index contributed by atoms with van der Waals surface area (Å²) in [4.78, 5) is 22.9. The molecule has 1 aliphatic rings. The van der Waals surface area contributed by atoms with Crippen molar-refractivity contribution in [3.05, 3.63) is 64.2 Å². The molecule has 0 radical (unpaired) electrons. The van der Waals surface area contributed by atoms with Crippen molar-refractivity contribution in [3.8, 4) is 5.75 Å². The van der Waals surface area contributed by atoms with E-state index in [2.05, 4.69) is 42.5 Å². The molecule has 0 amide bonds. The number of aliphatic hydroxyl groups is 1. The van der Waals surface area contributed by atoms with Crippen LogP contribution in [0.15, 0.2) is 48.6 Å². The van der Waals surface area contributed by atoms with Crippen LogP contribution in [0.5, 0.6) is 5.75 Å². The van der Waals surface area contributed by atoms with Gasteiger partial charge < -0.3 is 19.4 Å². The lowest BCUT2D eigenvalue weighted by Gasteiger charge is -2.13. The van der Waals surface area contributed by atoms with Gasteiger partial charge in [0.15, 0.2) is 0 Å². The quantitative estimate of drug-likeness (QED) is 0.0861. The van der Waals surface area contributed by atoms with Gasteiger partial charge in [-0.15, -0.1) is 10.1 Å².